The van der Waals surface area contributed by atoms with Crippen molar-refractivity contribution < 1.29 is 18.3 Å². The third-order valence-corrected chi connectivity index (χ3v) is 3.68. The van der Waals surface area contributed by atoms with Crippen LogP contribution in [0.1, 0.15) is 10.4 Å². The molecule has 0 spiro atoms. The van der Waals surface area contributed by atoms with Crippen LogP contribution in [0.3, 0.4) is 0 Å². The highest BCUT2D eigenvalue weighted by Gasteiger charge is 2.15. The quantitative estimate of drug-likeness (QED) is 0.892. The number of aromatic nitrogens is 1. The number of hydrogen-bond donors (Lipinski definition) is 2. The first kappa shape index (κ1) is 14.0. The van der Waals surface area contributed by atoms with E-state index >= 15 is 0 Å². The highest BCUT2D eigenvalue weighted by atomic mass is 32.2. The molecule has 0 radical (unpaired) electrons. The highest BCUT2D eigenvalue weighted by Crippen LogP contribution is 2.21. The molecule has 0 fully saturated rings. The summed E-state index contributed by atoms with van der Waals surface area (Å²) in [6, 6.07) is 7.33. The highest BCUT2D eigenvalue weighted by molar-refractivity contribution is 7.90. The minimum Gasteiger partial charge on any atom is -0.506 e. The molecule has 0 saturated heterocycles. The Morgan fingerprint density at radius 3 is 2.60 bits per heavy atom. The van der Waals surface area contributed by atoms with Crippen LogP contribution in [0.4, 0.5) is 5.69 Å². The summed E-state index contributed by atoms with van der Waals surface area (Å²) in [6.45, 7) is 0. The second kappa shape index (κ2) is 5.30. The molecule has 6 nitrogen and oxygen atoms in total. The molecule has 0 unspecified atom stereocenters. The van der Waals surface area contributed by atoms with Crippen LogP contribution in [0.15, 0.2) is 47.6 Å². The standard InChI is InChI=1S/C13H12N2O4S/c1-20(18,19)12-5-3-2-4-11(12)15-13(17)9-6-10(16)8-14-7-9/h2-8,16H,1H3,(H,15,17). The van der Waals surface area contributed by atoms with E-state index in [1.165, 1.54) is 30.6 Å². The number of nitrogens with zero attached hydrogens (tertiary/aromatic N) is 1. The first-order valence-electron chi connectivity index (χ1n) is 5.62. The Bertz CT molecular complexity index is 756. The Morgan fingerprint density at radius 1 is 1.25 bits per heavy atom. The van der Waals surface area contributed by atoms with Gasteiger partial charge in [0, 0.05) is 12.5 Å². The van der Waals surface area contributed by atoms with E-state index < -0.39 is 15.7 Å². The average Bonchev–Trinajstić information content (AvgIpc) is 2.38. The molecule has 0 atom stereocenters. The summed E-state index contributed by atoms with van der Waals surface area (Å²) in [7, 11) is -3.45. The van der Waals surface area contributed by atoms with E-state index in [1.54, 1.807) is 12.1 Å². The predicted molar refractivity (Wildman–Crippen MR) is 73.4 cm³/mol. The van der Waals surface area contributed by atoms with Crippen molar-refractivity contribution in [3.8, 4) is 5.75 Å². The summed E-state index contributed by atoms with van der Waals surface area (Å²) < 4.78 is 23.2. The van der Waals surface area contributed by atoms with Gasteiger partial charge in [-0.3, -0.25) is 9.78 Å². The zero-order valence-corrected chi connectivity index (χ0v) is 11.4. The zero-order chi connectivity index (χ0) is 14.8. The fraction of sp³-hybridized carbons (Fsp3) is 0.0769. The molecule has 0 aliphatic heterocycles. The van der Waals surface area contributed by atoms with Gasteiger partial charge >= 0.3 is 0 Å². The fourth-order valence-corrected chi connectivity index (χ4v) is 2.48. The summed E-state index contributed by atoms with van der Waals surface area (Å²) >= 11 is 0. The molecular weight excluding hydrogens is 280 g/mol. The number of benzene rings is 1. The predicted octanol–water partition coefficient (Wildman–Crippen LogP) is 1.44. The van der Waals surface area contributed by atoms with Gasteiger partial charge in [0.2, 0.25) is 0 Å². The van der Waals surface area contributed by atoms with E-state index in [9.17, 15) is 18.3 Å². The number of sulfone groups is 1. The van der Waals surface area contributed by atoms with E-state index in [4.69, 9.17) is 0 Å². The molecule has 2 rings (SSSR count). The van der Waals surface area contributed by atoms with E-state index in [0.717, 1.165) is 6.26 Å². The number of rotatable bonds is 3. The summed E-state index contributed by atoms with van der Waals surface area (Å²) in [6.07, 6.45) is 3.53. The number of carbonyl (C=O) groups is 1. The summed E-state index contributed by atoms with van der Waals surface area (Å²) in [5, 5.41) is 11.8. The lowest BCUT2D eigenvalue weighted by molar-refractivity contribution is 0.102. The van der Waals surface area contributed by atoms with E-state index in [2.05, 4.69) is 10.3 Å². The van der Waals surface area contributed by atoms with Crippen molar-refractivity contribution in [2.24, 2.45) is 0 Å². The van der Waals surface area contributed by atoms with Gasteiger partial charge < -0.3 is 10.4 Å². The van der Waals surface area contributed by atoms with Gasteiger partial charge in [-0.05, 0) is 18.2 Å². The average molecular weight is 292 g/mol. The van der Waals surface area contributed by atoms with Crippen LogP contribution in [0, 0.1) is 0 Å². The fourth-order valence-electron chi connectivity index (χ4n) is 1.64. The van der Waals surface area contributed by atoms with Crippen LogP contribution in [0.5, 0.6) is 5.75 Å². The molecule has 2 N–H and O–H groups in total. The minimum absolute atomic E-state index is 0.0291. The van der Waals surface area contributed by atoms with Gasteiger partial charge in [0.1, 0.15) is 5.75 Å². The van der Waals surface area contributed by atoms with Crippen molar-refractivity contribution in [3.63, 3.8) is 0 Å². The SMILES string of the molecule is CS(=O)(=O)c1ccccc1NC(=O)c1cncc(O)c1. The molecule has 7 heteroatoms. The summed E-state index contributed by atoms with van der Waals surface area (Å²) in [5.74, 6) is -0.696. The van der Waals surface area contributed by atoms with E-state index in [-0.39, 0.29) is 21.9 Å². The number of carbonyl (C=O) groups excluding carboxylic acids is 1. The van der Waals surface area contributed by atoms with Crippen LogP contribution in [-0.4, -0.2) is 30.7 Å². The second-order valence-corrected chi connectivity index (χ2v) is 6.14. The number of amides is 1. The van der Waals surface area contributed by atoms with Crippen molar-refractivity contribution >= 4 is 21.4 Å². The number of hydrogen-bond acceptors (Lipinski definition) is 5. The molecule has 1 heterocycles. The molecule has 1 aromatic carbocycles. The summed E-state index contributed by atoms with van der Waals surface area (Å²) in [4.78, 5) is 15.7. The molecule has 104 valence electrons. The molecule has 20 heavy (non-hydrogen) atoms. The molecule has 2 aromatic rings. The number of pyridine rings is 1. The lowest BCUT2D eigenvalue weighted by atomic mass is 10.2. The van der Waals surface area contributed by atoms with E-state index in [0.29, 0.717) is 0 Å². The van der Waals surface area contributed by atoms with Crippen LogP contribution in [-0.2, 0) is 9.84 Å². The Kier molecular flexibility index (Phi) is 3.71. The molecule has 0 aliphatic carbocycles. The normalized spacial score (nSPS) is 11.1. The smallest absolute Gasteiger partial charge is 0.257 e. The monoisotopic (exact) mass is 292 g/mol. The third kappa shape index (κ3) is 3.12. The lowest BCUT2D eigenvalue weighted by Gasteiger charge is -2.09. The first-order valence-corrected chi connectivity index (χ1v) is 7.51. The second-order valence-electron chi connectivity index (χ2n) is 4.15. The largest absolute Gasteiger partial charge is 0.506 e. The maximum Gasteiger partial charge on any atom is 0.257 e. The van der Waals surface area contributed by atoms with Gasteiger partial charge in [-0.1, -0.05) is 12.1 Å². The van der Waals surface area contributed by atoms with Crippen molar-refractivity contribution in [2.75, 3.05) is 11.6 Å². The van der Waals surface area contributed by atoms with Crippen LogP contribution in [0.2, 0.25) is 0 Å². The van der Waals surface area contributed by atoms with Crippen LogP contribution < -0.4 is 5.32 Å². The summed E-state index contributed by atoms with van der Waals surface area (Å²) in [5.41, 5.74) is 0.316. The number of aromatic hydroxyl groups is 1. The minimum atomic E-state index is -3.45. The van der Waals surface area contributed by atoms with Gasteiger partial charge in [-0.15, -0.1) is 0 Å². The van der Waals surface area contributed by atoms with E-state index in [1.807, 2.05) is 0 Å². The van der Waals surface area contributed by atoms with Crippen molar-refractivity contribution in [1.29, 1.82) is 0 Å². The molecule has 1 aromatic heterocycles. The van der Waals surface area contributed by atoms with Crippen molar-refractivity contribution in [3.05, 3.63) is 48.3 Å². The topological polar surface area (TPSA) is 96.4 Å². The van der Waals surface area contributed by atoms with Gasteiger partial charge in [0.25, 0.3) is 5.91 Å². The first-order chi connectivity index (χ1) is 9.38. The zero-order valence-electron chi connectivity index (χ0n) is 10.6. The number of para-hydroxylation sites is 1. The number of anilines is 1. The molecule has 0 saturated carbocycles. The van der Waals surface area contributed by atoms with Crippen molar-refractivity contribution in [2.45, 2.75) is 4.90 Å². The maximum atomic E-state index is 12.0. The van der Waals surface area contributed by atoms with Crippen molar-refractivity contribution in [1.82, 2.24) is 4.98 Å². The number of nitrogens with one attached hydrogen (secondary N) is 1. The Labute approximate surface area is 116 Å². The molecule has 0 bridgehead atoms. The Hall–Kier alpha value is -2.41. The molecular formula is C13H12N2O4S. The lowest BCUT2D eigenvalue weighted by Crippen LogP contribution is -2.14. The van der Waals surface area contributed by atoms with Crippen LogP contribution in [0.25, 0.3) is 0 Å². The van der Waals surface area contributed by atoms with Gasteiger partial charge in [-0.25, -0.2) is 8.42 Å². The maximum absolute atomic E-state index is 12.0. The third-order valence-electron chi connectivity index (χ3n) is 2.52. The van der Waals surface area contributed by atoms with Crippen LogP contribution >= 0.6 is 0 Å². The van der Waals surface area contributed by atoms with Gasteiger partial charge in [0.05, 0.1) is 22.3 Å². The van der Waals surface area contributed by atoms with Gasteiger partial charge in [0.15, 0.2) is 9.84 Å². The Morgan fingerprint density at radius 2 is 1.95 bits per heavy atom. The molecule has 1 amide bonds. The Balaban J connectivity index is 2.34. The van der Waals surface area contributed by atoms with Gasteiger partial charge in [-0.2, -0.15) is 0 Å². The molecule has 0 aliphatic rings.